The van der Waals surface area contributed by atoms with Crippen LogP contribution in [0.1, 0.15) is 22.3 Å². The van der Waals surface area contributed by atoms with Gasteiger partial charge in [-0.2, -0.15) is 0 Å². The first-order valence-corrected chi connectivity index (χ1v) is 10.8. The number of aromatic nitrogens is 2. The molecule has 0 radical (unpaired) electrons. The Balaban J connectivity index is 1.51. The van der Waals surface area contributed by atoms with Gasteiger partial charge in [0, 0.05) is 38.4 Å². The normalized spacial score (nSPS) is 13.8. The quantitative estimate of drug-likeness (QED) is 0.460. The van der Waals surface area contributed by atoms with Gasteiger partial charge in [0.05, 0.1) is 4.92 Å². The van der Waals surface area contributed by atoms with Crippen LogP contribution in [0.3, 0.4) is 0 Å². The van der Waals surface area contributed by atoms with Gasteiger partial charge in [0.25, 0.3) is 0 Å². The molecule has 1 N–H and O–H groups in total. The number of nitro groups is 1. The summed E-state index contributed by atoms with van der Waals surface area (Å²) >= 11 is 0. The second-order valence-corrected chi connectivity index (χ2v) is 8.18. The van der Waals surface area contributed by atoms with Crippen LogP contribution in [0, 0.1) is 30.9 Å². The molecule has 0 spiro atoms. The third-order valence-corrected chi connectivity index (χ3v) is 6.06. The van der Waals surface area contributed by atoms with Gasteiger partial charge in [-0.25, -0.2) is 9.97 Å². The minimum Gasteiger partial charge on any atom is -0.368 e. The molecule has 8 heteroatoms. The molecule has 3 aromatic rings. The minimum absolute atomic E-state index is 0.0696. The van der Waals surface area contributed by atoms with Crippen molar-refractivity contribution in [3.63, 3.8) is 0 Å². The molecule has 2 heterocycles. The molecule has 0 saturated carbocycles. The molecule has 0 unspecified atom stereocenters. The van der Waals surface area contributed by atoms with E-state index in [1.807, 2.05) is 36.1 Å². The van der Waals surface area contributed by atoms with Crippen molar-refractivity contribution in [3.8, 4) is 0 Å². The summed E-state index contributed by atoms with van der Waals surface area (Å²) in [6, 6.07) is 14.4. The molecule has 8 nitrogen and oxygen atoms in total. The van der Waals surface area contributed by atoms with Crippen LogP contribution < -0.4 is 15.1 Å². The highest BCUT2D eigenvalue weighted by molar-refractivity contribution is 5.71. The predicted octanol–water partition coefficient (Wildman–Crippen LogP) is 4.25. The summed E-state index contributed by atoms with van der Waals surface area (Å²) in [5.74, 6) is 0.620. The van der Waals surface area contributed by atoms with Crippen LogP contribution in [0.15, 0.2) is 48.8 Å². The highest BCUT2D eigenvalue weighted by Crippen LogP contribution is 2.33. The van der Waals surface area contributed by atoms with Crippen LogP contribution in [0.4, 0.5) is 23.0 Å². The lowest BCUT2D eigenvalue weighted by molar-refractivity contribution is -0.383. The Morgan fingerprint density at radius 2 is 1.66 bits per heavy atom. The number of nitrogens with one attached hydrogen (secondary N) is 1. The number of aryl methyl sites for hydroxylation is 2. The monoisotopic (exact) mass is 432 g/mol. The van der Waals surface area contributed by atoms with Gasteiger partial charge < -0.3 is 15.1 Å². The molecule has 1 fully saturated rings. The zero-order valence-electron chi connectivity index (χ0n) is 18.7. The standard InChI is InChI=1S/C24H28N6O2/c1-17-7-9-20(10-8-17)15-25-23-22(30(31)32)24(27-16-26-23)29-13-11-28(12-14-29)21-6-4-5-18(2)19(21)3/h4-10,16H,11-15H2,1-3H3,(H,25,26,27). The Kier molecular flexibility index (Phi) is 6.20. The van der Waals surface area contributed by atoms with Crippen molar-refractivity contribution in [1.29, 1.82) is 0 Å². The first-order chi connectivity index (χ1) is 15.4. The second-order valence-electron chi connectivity index (χ2n) is 8.18. The molecule has 32 heavy (non-hydrogen) atoms. The molecule has 0 atom stereocenters. The molecule has 0 aliphatic carbocycles. The van der Waals surface area contributed by atoms with Crippen molar-refractivity contribution < 1.29 is 4.92 Å². The lowest BCUT2D eigenvalue weighted by Crippen LogP contribution is -2.47. The van der Waals surface area contributed by atoms with Gasteiger partial charge in [-0.05, 0) is 43.5 Å². The van der Waals surface area contributed by atoms with Crippen LogP contribution in [0.2, 0.25) is 0 Å². The zero-order valence-corrected chi connectivity index (χ0v) is 18.7. The average molecular weight is 433 g/mol. The zero-order chi connectivity index (χ0) is 22.7. The fourth-order valence-corrected chi connectivity index (χ4v) is 4.03. The van der Waals surface area contributed by atoms with Gasteiger partial charge in [0.2, 0.25) is 11.6 Å². The van der Waals surface area contributed by atoms with Gasteiger partial charge in [-0.3, -0.25) is 10.1 Å². The van der Waals surface area contributed by atoms with E-state index >= 15 is 0 Å². The van der Waals surface area contributed by atoms with Crippen LogP contribution in [-0.4, -0.2) is 41.1 Å². The van der Waals surface area contributed by atoms with E-state index in [4.69, 9.17) is 0 Å². The van der Waals surface area contributed by atoms with Crippen molar-refractivity contribution in [2.24, 2.45) is 0 Å². The fourth-order valence-electron chi connectivity index (χ4n) is 4.03. The molecular weight excluding hydrogens is 404 g/mol. The summed E-state index contributed by atoms with van der Waals surface area (Å²) in [5.41, 5.74) is 5.90. The lowest BCUT2D eigenvalue weighted by Gasteiger charge is -2.37. The molecule has 166 valence electrons. The highest BCUT2D eigenvalue weighted by atomic mass is 16.6. The largest absolute Gasteiger partial charge is 0.368 e. The van der Waals surface area contributed by atoms with E-state index in [0.29, 0.717) is 25.5 Å². The van der Waals surface area contributed by atoms with E-state index in [1.165, 1.54) is 28.7 Å². The van der Waals surface area contributed by atoms with Crippen molar-refractivity contribution in [2.75, 3.05) is 41.3 Å². The van der Waals surface area contributed by atoms with Crippen molar-refractivity contribution in [3.05, 3.63) is 81.2 Å². The average Bonchev–Trinajstić information content (AvgIpc) is 2.80. The highest BCUT2D eigenvalue weighted by Gasteiger charge is 2.29. The summed E-state index contributed by atoms with van der Waals surface area (Å²) in [4.78, 5) is 24.4. The fraction of sp³-hybridized carbons (Fsp3) is 0.333. The first kappa shape index (κ1) is 21.5. The Labute approximate surface area is 188 Å². The Bertz CT molecular complexity index is 1110. The van der Waals surface area contributed by atoms with Gasteiger partial charge >= 0.3 is 5.69 Å². The minimum atomic E-state index is -0.385. The summed E-state index contributed by atoms with van der Waals surface area (Å²) < 4.78 is 0. The van der Waals surface area contributed by atoms with E-state index in [-0.39, 0.29) is 16.4 Å². The van der Waals surface area contributed by atoms with Crippen molar-refractivity contribution in [2.45, 2.75) is 27.3 Å². The van der Waals surface area contributed by atoms with E-state index in [0.717, 1.165) is 18.7 Å². The summed E-state index contributed by atoms with van der Waals surface area (Å²) in [6.45, 7) is 9.60. The first-order valence-electron chi connectivity index (χ1n) is 10.8. The SMILES string of the molecule is Cc1ccc(CNc2ncnc(N3CCN(c4cccc(C)c4C)CC3)c2[N+](=O)[O-])cc1. The lowest BCUT2D eigenvalue weighted by atomic mass is 10.1. The molecule has 1 aromatic heterocycles. The van der Waals surface area contributed by atoms with E-state index in [9.17, 15) is 10.1 Å². The molecule has 1 aliphatic rings. The predicted molar refractivity (Wildman–Crippen MR) is 128 cm³/mol. The van der Waals surface area contributed by atoms with Crippen LogP contribution >= 0.6 is 0 Å². The Morgan fingerprint density at radius 3 is 2.34 bits per heavy atom. The smallest absolute Gasteiger partial charge is 0.353 e. The molecule has 0 amide bonds. The molecular formula is C24H28N6O2. The van der Waals surface area contributed by atoms with Crippen molar-refractivity contribution in [1.82, 2.24) is 9.97 Å². The maximum absolute atomic E-state index is 12.0. The third-order valence-electron chi connectivity index (χ3n) is 6.06. The number of nitrogens with zero attached hydrogens (tertiary/aromatic N) is 5. The molecule has 1 saturated heterocycles. The van der Waals surface area contributed by atoms with Crippen LogP contribution in [0.25, 0.3) is 0 Å². The molecule has 4 rings (SSSR count). The third kappa shape index (κ3) is 4.49. The summed E-state index contributed by atoms with van der Waals surface area (Å²) in [7, 11) is 0. The van der Waals surface area contributed by atoms with Gasteiger partial charge in [0.15, 0.2) is 0 Å². The number of anilines is 3. The van der Waals surface area contributed by atoms with E-state index in [1.54, 1.807) is 0 Å². The Hall–Kier alpha value is -3.68. The number of hydrogen-bond acceptors (Lipinski definition) is 7. The van der Waals surface area contributed by atoms with Gasteiger partial charge in [-0.1, -0.05) is 42.0 Å². The topological polar surface area (TPSA) is 87.4 Å². The van der Waals surface area contributed by atoms with E-state index in [2.05, 4.69) is 52.2 Å². The van der Waals surface area contributed by atoms with Gasteiger partial charge in [0.1, 0.15) is 6.33 Å². The summed E-state index contributed by atoms with van der Waals surface area (Å²) in [5, 5.41) is 15.1. The Morgan fingerprint density at radius 1 is 0.969 bits per heavy atom. The van der Waals surface area contributed by atoms with Gasteiger partial charge in [-0.15, -0.1) is 0 Å². The number of hydrogen-bond donors (Lipinski definition) is 1. The van der Waals surface area contributed by atoms with Crippen molar-refractivity contribution >= 4 is 23.0 Å². The maximum Gasteiger partial charge on any atom is 0.353 e. The maximum atomic E-state index is 12.0. The van der Waals surface area contributed by atoms with E-state index < -0.39 is 0 Å². The summed E-state index contributed by atoms with van der Waals surface area (Å²) in [6.07, 6.45) is 1.40. The van der Waals surface area contributed by atoms with Crippen LogP contribution in [-0.2, 0) is 6.54 Å². The molecule has 2 aromatic carbocycles. The number of benzene rings is 2. The molecule has 1 aliphatic heterocycles. The molecule has 0 bridgehead atoms. The number of piperazine rings is 1. The number of rotatable bonds is 6. The second kappa shape index (κ2) is 9.21. The van der Waals surface area contributed by atoms with Crippen LogP contribution in [0.5, 0.6) is 0 Å².